The van der Waals surface area contributed by atoms with Crippen molar-refractivity contribution in [2.75, 3.05) is 14.2 Å². The number of benzene rings is 3. The first-order chi connectivity index (χ1) is 23.9. The number of para-hydroxylation sites is 1. The van der Waals surface area contributed by atoms with Crippen LogP contribution in [0.3, 0.4) is 0 Å². The van der Waals surface area contributed by atoms with E-state index in [-0.39, 0.29) is 39.9 Å². The van der Waals surface area contributed by atoms with Gasteiger partial charge in [0.2, 0.25) is 11.8 Å². The summed E-state index contributed by atoms with van der Waals surface area (Å²) in [6, 6.07) is 15.1. The summed E-state index contributed by atoms with van der Waals surface area (Å²) in [5, 5.41) is 26.7. The van der Waals surface area contributed by atoms with Gasteiger partial charge in [-0.15, -0.1) is 0 Å². The predicted octanol–water partition coefficient (Wildman–Crippen LogP) is 4.53. The Morgan fingerprint density at radius 1 is 0.706 bits per heavy atom. The van der Waals surface area contributed by atoms with Crippen LogP contribution in [0, 0.1) is 17.8 Å². The normalized spacial score (nSPS) is 17.1. The highest BCUT2D eigenvalue weighted by atomic mass is 32.2. The molecule has 1 fully saturated rings. The number of aliphatic carboxylic acids is 2. The van der Waals surface area contributed by atoms with Gasteiger partial charge in [-0.05, 0) is 49.4 Å². The fourth-order valence-electron chi connectivity index (χ4n) is 5.12. The number of hydrogen-bond donors (Lipinski definition) is 5. The average molecular weight is 751 g/mol. The number of ether oxygens (including phenoxy) is 3. The van der Waals surface area contributed by atoms with Gasteiger partial charge < -0.3 is 29.5 Å². The van der Waals surface area contributed by atoms with Crippen LogP contribution in [0.1, 0.15) is 36.5 Å². The van der Waals surface area contributed by atoms with Crippen LogP contribution in [0.15, 0.2) is 76.5 Å². The zero-order valence-electron chi connectivity index (χ0n) is 27.2. The Bertz CT molecular complexity index is 2030. The van der Waals surface area contributed by atoms with Crippen molar-refractivity contribution >= 4 is 48.9 Å². The molecule has 4 aromatic rings. The van der Waals surface area contributed by atoms with Gasteiger partial charge in [0, 0.05) is 10.8 Å². The van der Waals surface area contributed by atoms with E-state index in [4.69, 9.17) is 38.6 Å². The minimum Gasteiger partial charge on any atom is -0.481 e. The van der Waals surface area contributed by atoms with E-state index in [0.717, 1.165) is 18.6 Å². The highest BCUT2D eigenvalue weighted by Crippen LogP contribution is 2.34. The molecule has 3 aromatic carbocycles. The SMILES string of the molecule is CC1CCC(C(=O)O)C(C(=O)O)C1.COc1cc(OC)nc(Oc2ccccc2C(=O)O)n1.O=S(=O)(O)c1cccc2c(S(=O)(=O)O)cccc12. The van der Waals surface area contributed by atoms with Gasteiger partial charge in [-0.1, -0.05) is 43.3 Å². The van der Waals surface area contributed by atoms with Crippen LogP contribution in [0.25, 0.3) is 10.8 Å². The zero-order valence-corrected chi connectivity index (χ0v) is 28.9. The summed E-state index contributed by atoms with van der Waals surface area (Å²) in [5.41, 5.74) is 0.0119. The van der Waals surface area contributed by atoms with Crippen molar-refractivity contribution in [1.82, 2.24) is 9.97 Å². The van der Waals surface area contributed by atoms with Crippen LogP contribution in [0.4, 0.5) is 0 Å². The van der Waals surface area contributed by atoms with Crippen molar-refractivity contribution in [2.24, 2.45) is 17.8 Å². The maximum Gasteiger partial charge on any atom is 0.339 e. The Kier molecular flexibility index (Phi) is 13.4. The number of hydrogen-bond acceptors (Lipinski definition) is 12. The number of aromatic carboxylic acids is 1. The largest absolute Gasteiger partial charge is 0.481 e. The molecule has 19 heteroatoms. The lowest BCUT2D eigenvalue weighted by Gasteiger charge is -2.29. The van der Waals surface area contributed by atoms with E-state index in [2.05, 4.69) is 9.97 Å². The summed E-state index contributed by atoms with van der Waals surface area (Å²) < 4.78 is 78.1. The molecule has 0 aliphatic heterocycles. The molecule has 0 radical (unpaired) electrons. The standard InChI is InChI=1S/C13H12N2O5.C10H8O6S2.C9H14O4/c1-18-10-7-11(19-2)15-13(14-10)20-9-6-4-3-5-8(9)12(16)17;11-17(12,13)9-5-1-3-7-8(9)4-2-6-10(7)18(14,15)16;1-5-2-3-6(8(10)11)7(4-5)9(12)13/h3-7H,1-2H3,(H,16,17);1-6H,(H,11,12,13)(H,14,15,16);5-7H,2-4H2,1H3,(H,10,11)(H,12,13). The van der Waals surface area contributed by atoms with Gasteiger partial charge in [0.1, 0.15) is 21.1 Å². The maximum atomic E-state index is 11.2. The molecule has 1 aromatic heterocycles. The van der Waals surface area contributed by atoms with Crippen molar-refractivity contribution < 1.29 is 69.9 Å². The number of carboxylic acid groups (broad SMARTS) is 3. The number of nitrogens with zero attached hydrogens (tertiary/aromatic N) is 2. The number of aromatic nitrogens is 2. The second-order valence-electron chi connectivity index (χ2n) is 11.0. The lowest BCUT2D eigenvalue weighted by Crippen LogP contribution is -2.34. The number of carboxylic acids is 3. The van der Waals surface area contributed by atoms with Crippen LogP contribution in [0.5, 0.6) is 23.5 Å². The molecule has 51 heavy (non-hydrogen) atoms. The Balaban J connectivity index is 0.000000211. The monoisotopic (exact) mass is 750 g/mol. The first-order valence-electron chi connectivity index (χ1n) is 14.8. The van der Waals surface area contributed by atoms with E-state index in [0.29, 0.717) is 18.8 Å². The van der Waals surface area contributed by atoms with Crippen LogP contribution in [-0.4, -0.2) is 83.4 Å². The predicted molar refractivity (Wildman–Crippen MR) is 177 cm³/mol. The third-order valence-electron chi connectivity index (χ3n) is 7.54. The maximum absolute atomic E-state index is 11.2. The first-order valence-corrected chi connectivity index (χ1v) is 17.6. The fraction of sp³-hybridized carbons (Fsp3) is 0.281. The highest BCUT2D eigenvalue weighted by molar-refractivity contribution is 7.86. The molecule has 1 saturated carbocycles. The molecule has 3 atom stereocenters. The van der Waals surface area contributed by atoms with E-state index >= 15 is 0 Å². The van der Waals surface area contributed by atoms with Crippen molar-refractivity contribution in [3.05, 3.63) is 72.3 Å². The topological polar surface area (TPSA) is 274 Å². The molecule has 0 amide bonds. The van der Waals surface area contributed by atoms with E-state index in [1.165, 1.54) is 56.7 Å². The number of methoxy groups -OCH3 is 2. The van der Waals surface area contributed by atoms with Gasteiger partial charge >= 0.3 is 23.9 Å². The molecule has 0 saturated heterocycles. The second kappa shape index (κ2) is 17.0. The number of rotatable bonds is 9. The summed E-state index contributed by atoms with van der Waals surface area (Å²) in [4.78, 5) is 39.7. The summed E-state index contributed by atoms with van der Waals surface area (Å²) in [6.07, 6.45) is 1.81. The lowest BCUT2D eigenvalue weighted by molar-refractivity contribution is -0.156. The summed E-state index contributed by atoms with van der Waals surface area (Å²) >= 11 is 0. The van der Waals surface area contributed by atoms with Crippen LogP contribution < -0.4 is 14.2 Å². The summed E-state index contributed by atoms with van der Waals surface area (Å²) in [5.74, 6) is -3.46. The van der Waals surface area contributed by atoms with Gasteiger partial charge in [-0.2, -0.15) is 26.8 Å². The van der Waals surface area contributed by atoms with Crippen molar-refractivity contribution in [2.45, 2.75) is 36.0 Å². The molecule has 5 N–H and O–H groups in total. The van der Waals surface area contributed by atoms with Gasteiger partial charge in [0.15, 0.2) is 0 Å². The highest BCUT2D eigenvalue weighted by Gasteiger charge is 2.38. The van der Waals surface area contributed by atoms with Crippen LogP contribution in [0.2, 0.25) is 0 Å². The molecular formula is C32H34N2O15S2. The molecule has 1 aliphatic carbocycles. The smallest absolute Gasteiger partial charge is 0.339 e. The Morgan fingerprint density at radius 3 is 1.63 bits per heavy atom. The lowest BCUT2D eigenvalue weighted by atomic mass is 9.75. The molecule has 3 unspecified atom stereocenters. The third kappa shape index (κ3) is 10.8. The third-order valence-corrected chi connectivity index (χ3v) is 9.36. The minimum atomic E-state index is -4.47. The average Bonchev–Trinajstić information content (AvgIpc) is 3.07. The molecule has 0 bridgehead atoms. The number of carbonyl (C=O) groups is 3. The number of fused-ring (bicyclic) bond motifs is 1. The van der Waals surface area contributed by atoms with Crippen LogP contribution in [-0.2, 0) is 29.8 Å². The van der Waals surface area contributed by atoms with Crippen molar-refractivity contribution in [1.29, 1.82) is 0 Å². The summed E-state index contributed by atoms with van der Waals surface area (Å²) in [6.45, 7) is 1.97. The summed E-state index contributed by atoms with van der Waals surface area (Å²) in [7, 11) is -6.05. The van der Waals surface area contributed by atoms with Crippen molar-refractivity contribution in [3.63, 3.8) is 0 Å². The quantitative estimate of drug-likeness (QED) is 0.147. The van der Waals surface area contributed by atoms with Gasteiger partial charge in [-0.3, -0.25) is 18.7 Å². The van der Waals surface area contributed by atoms with E-state index in [1.54, 1.807) is 12.1 Å². The van der Waals surface area contributed by atoms with Crippen molar-refractivity contribution in [3.8, 4) is 23.5 Å². The molecule has 17 nitrogen and oxygen atoms in total. The second-order valence-corrected chi connectivity index (χ2v) is 13.8. The van der Waals surface area contributed by atoms with Gasteiger partial charge in [-0.25, -0.2) is 4.79 Å². The van der Waals surface area contributed by atoms with E-state index in [9.17, 15) is 31.2 Å². The molecular weight excluding hydrogens is 716 g/mol. The minimum absolute atomic E-state index is 0.0119. The molecule has 5 rings (SSSR count). The Morgan fingerprint density at radius 2 is 1.20 bits per heavy atom. The Labute approximate surface area is 292 Å². The van der Waals surface area contributed by atoms with Gasteiger partial charge in [0.25, 0.3) is 20.2 Å². The first kappa shape index (κ1) is 40.1. The molecule has 274 valence electrons. The van der Waals surface area contributed by atoms with Crippen LogP contribution >= 0.6 is 0 Å². The molecule has 1 aliphatic rings. The fourth-order valence-corrected chi connectivity index (χ4v) is 6.53. The van der Waals surface area contributed by atoms with E-state index in [1.807, 2.05) is 6.92 Å². The Hall–Kier alpha value is -5.37. The van der Waals surface area contributed by atoms with E-state index < -0.39 is 59.8 Å². The molecule has 1 heterocycles. The molecule has 0 spiro atoms. The van der Waals surface area contributed by atoms with Gasteiger partial charge in [0.05, 0.1) is 32.1 Å². The zero-order chi connectivity index (χ0) is 38.1.